The lowest BCUT2D eigenvalue weighted by molar-refractivity contribution is 0.479. The Labute approximate surface area is 98.8 Å². The predicted molar refractivity (Wildman–Crippen MR) is 60.9 cm³/mol. The largest absolute Gasteiger partial charge is 0.286 e. The Balaban J connectivity index is 2.76. The molecule has 0 radical (unpaired) electrons. The van der Waals surface area contributed by atoms with Crippen LogP contribution in [0.3, 0.4) is 0 Å². The average molecular weight is 269 g/mol. The molecule has 3 nitrogen and oxygen atoms in total. The highest BCUT2D eigenvalue weighted by Gasteiger charge is 2.28. The summed E-state index contributed by atoms with van der Waals surface area (Å²) in [5, 5.41) is 0. The number of hydrogen-bond donors (Lipinski definition) is 1. The van der Waals surface area contributed by atoms with Crippen LogP contribution < -0.4 is 0 Å². The van der Waals surface area contributed by atoms with Crippen LogP contribution in [0, 0.1) is 0 Å². The molecule has 0 saturated carbocycles. The molecule has 0 aliphatic carbocycles. The summed E-state index contributed by atoms with van der Waals surface area (Å²) < 4.78 is 28.4. The summed E-state index contributed by atoms with van der Waals surface area (Å²) in [7, 11) is -4.03. The van der Waals surface area contributed by atoms with Crippen molar-refractivity contribution >= 4 is 33.3 Å². The molecular weight excluding hydrogens is 259 g/mol. The molecule has 84 valence electrons. The van der Waals surface area contributed by atoms with Crippen molar-refractivity contribution in [3.8, 4) is 0 Å². The fraction of sp³-hybridized carbons (Fsp3) is 0.333. The van der Waals surface area contributed by atoms with Gasteiger partial charge in [-0.1, -0.05) is 53.5 Å². The van der Waals surface area contributed by atoms with E-state index in [1.54, 1.807) is 30.3 Å². The van der Waals surface area contributed by atoms with Gasteiger partial charge < -0.3 is 0 Å². The smallest absolute Gasteiger partial charge is 0.264 e. The van der Waals surface area contributed by atoms with Crippen LogP contribution in [0.5, 0.6) is 0 Å². The third-order valence-corrected chi connectivity index (χ3v) is 3.40. The molecular formula is C9H10Cl2O3S. The molecule has 0 unspecified atom stereocenters. The molecule has 0 aliphatic rings. The lowest BCUT2D eigenvalue weighted by Gasteiger charge is -2.18. The van der Waals surface area contributed by atoms with Gasteiger partial charge in [-0.3, -0.25) is 4.55 Å². The molecule has 0 amide bonds. The highest BCUT2D eigenvalue weighted by Crippen LogP contribution is 2.37. The summed E-state index contributed by atoms with van der Waals surface area (Å²) in [5.41, 5.74) is 0.608. The fourth-order valence-corrected chi connectivity index (χ4v) is 2.31. The molecule has 0 bridgehead atoms. The predicted octanol–water partition coefficient (Wildman–Crippen LogP) is 2.59. The topological polar surface area (TPSA) is 54.4 Å². The molecule has 0 saturated heterocycles. The van der Waals surface area contributed by atoms with E-state index >= 15 is 0 Å². The fourth-order valence-electron chi connectivity index (χ4n) is 1.08. The van der Waals surface area contributed by atoms with Crippen LogP contribution in [-0.4, -0.2) is 18.7 Å². The number of benzene rings is 1. The summed E-state index contributed by atoms with van der Waals surface area (Å²) in [5.74, 6) is -0.463. The number of rotatable bonds is 4. The molecule has 15 heavy (non-hydrogen) atoms. The van der Waals surface area contributed by atoms with Crippen LogP contribution in [0.25, 0.3) is 0 Å². The molecule has 0 heterocycles. The molecule has 0 atom stereocenters. The van der Waals surface area contributed by atoms with Crippen molar-refractivity contribution in [2.24, 2.45) is 0 Å². The van der Waals surface area contributed by atoms with Gasteiger partial charge in [-0.2, -0.15) is 8.42 Å². The van der Waals surface area contributed by atoms with Crippen LogP contribution in [0.4, 0.5) is 0 Å². The zero-order valence-electron chi connectivity index (χ0n) is 7.73. The molecule has 6 heteroatoms. The zero-order chi connectivity index (χ0) is 11.5. The first-order valence-electron chi connectivity index (χ1n) is 4.20. The van der Waals surface area contributed by atoms with E-state index in [2.05, 4.69) is 0 Å². The van der Waals surface area contributed by atoms with Crippen molar-refractivity contribution in [2.75, 3.05) is 5.75 Å². The summed E-state index contributed by atoms with van der Waals surface area (Å²) in [6, 6.07) is 8.70. The maximum atomic E-state index is 10.5. The summed E-state index contributed by atoms with van der Waals surface area (Å²) in [6.07, 6.45) is -0.0566. The second-order valence-corrected chi connectivity index (χ2v) is 6.16. The van der Waals surface area contributed by atoms with Gasteiger partial charge in [0.25, 0.3) is 10.1 Å². The van der Waals surface area contributed by atoms with Crippen molar-refractivity contribution in [1.82, 2.24) is 0 Å². The maximum absolute atomic E-state index is 10.5. The molecule has 0 aliphatic heterocycles. The van der Waals surface area contributed by atoms with Gasteiger partial charge in [0.15, 0.2) is 0 Å². The van der Waals surface area contributed by atoms with Crippen molar-refractivity contribution in [3.63, 3.8) is 0 Å². The minimum atomic E-state index is -4.03. The van der Waals surface area contributed by atoms with Crippen molar-refractivity contribution in [2.45, 2.75) is 10.8 Å². The van der Waals surface area contributed by atoms with E-state index in [9.17, 15) is 8.42 Å². The Kier molecular flexibility index (Phi) is 4.00. The third kappa shape index (κ3) is 4.38. The highest BCUT2D eigenvalue weighted by molar-refractivity contribution is 7.85. The lowest BCUT2D eigenvalue weighted by atomic mass is 10.1. The Morgan fingerprint density at radius 1 is 1.20 bits per heavy atom. The summed E-state index contributed by atoms with van der Waals surface area (Å²) in [4.78, 5) is 0. The Bertz CT molecular complexity index is 414. The minimum Gasteiger partial charge on any atom is -0.286 e. The second-order valence-electron chi connectivity index (χ2n) is 3.11. The maximum Gasteiger partial charge on any atom is 0.264 e. The second kappa shape index (κ2) is 4.70. The van der Waals surface area contributed by atoms with Crippen LogP contribution in [0.2, 0.25) is 0 Å². The van der Waals surface area contributed by atoms with Gasteiger partial charge in [0.05, 0.1) is 5.75 Å². The van der Waals surface area contributed by atoms with E-state index < -0.39 is 20.2 Å². The van der Waals surface area contributed by atoms with Gasteiger partial charge in [-0.15, -0.1) is 0 Å². The standard InChI is InChI=1S/C9H10Cl2O3S/c10-9(11,6-7-15(12,13)14)8-4-2-1-3-5-8/h1-5H,6-7H2,(H,12,13,14). The van der Waals surface area contributed by atoms with Crippen LogP contribution >= 0.6 is 23.2 Å². The van der Waals surface area contributed by atoms with E-state index in [0.717, 1.165) is 0 Å². The van der Waals surface area contributed by atoms with E-state index in [1.165, 1.54) is 0 Å². The Hall–Kier alpha value is -0.290. The van der Waals surface area contributed by atoms with Gasteiger partial charge in [0.2, 0.25) is 0 Å². The molecule has 1 rings (SSSR count). The molecule has 1 N–H and O–H groups in total. The Morgan fingerprint density at radius 3 is 2.20 bits per heavy atom. The number of halogens is 2. The zero-order valence-corrected chi connectivity index (χ0v) is 10.1. The van der Waals surface area contributed by atoms with Crippen LogP contribution in [0.1, 0.15) is 12.0 Å². The van der Waals surface area contributed by atoms with Crippen LogP contribution in [0.15, 0.2) is 30.3 Å². The van der Waals surface area contributed by atoms with E-state index in [1.807, 2.05) is 0 Å². The molecule has 1 aromatic carbocycles. The number of hydrogen-bond acceptors (Lipinski definition) is 2. The van der Waals surface area contributed by atoms with Gasteiger partial charge in [0.1, 0.15) is 4.33 Å². The first-order valence-corrected chi connectivity index (χ1v) is 6.56. The highest BCUT2D eigenvalue weighted by atomic mass is 35.5. The Morgan fingerprint density at radius 2 is 1.73 bits per heavy atom. The molecule has 1 aromatic rings. The van der Waals surface area contributed by atoms with Gasteiger partial charge in [-0.05, 0) is 5.56 Å². The van der Waals surface area contributed by atoms with Gasteiger partial charge in [0, 0.05) is 6.42 Å². The van der Waals surface area contributed by atoms with Gasteiger partial charge in [-0.25, -0.2) is 0 Å². The van der Waals surface area contributed by atoms with Crippen molar-refractivity contribution in [3.05, 3.63) is 35.9 Å². The monoisotopic (exact) mass is 268 g/mol. The summed E-state index contributed by atoms with van der Waals surface area (Å²) in [6.45, 7) is 0. The molecule has 0 aromatic heterocycles. The van der Waals surface area contributed by atoms with Crippen LogP contribution in [-0.2, 0) is 14.5 Å². The van der Waals surface area contributed by atoms with E-state index in [4.69, 9.17) is 27.8 Å². The van der Waals surface area contributed by atoms with Crippen molar-refractivity contribution in [1.29, 1.82) is 0 Å². The van der Waals surface area contributed by atoms with E-state index in [0.29, 0.717) is 5.56 Å². The molecule has 0 fully saturated rings. The van der Waals surface area contributed by atoms with Gasteiger partial charge >= 0.3 is 0 Å². The van der Waals surface area contributed by atoms with Crippen molar-refractivity contribution < 1.29 is 13.0 Å². The average Bonchev–Trinajstić information content (AvgIpc) is 2.16. The summed E-state index contributed by atoms with van der Waals surface area (Å²) >= 11 is 11.9. The molecule has 0 spiro atoms. The lowest BCUT2D eigenvalue weighted by Crippen LogP contribution is -2.16. The SMILES string of the molecule is O=S(=O)(O)CCC(Cl)(Cl)c1ccccc1. The third-order valence-electron chi connectivity index (χ3n) is 1.87. The first-order chi connectivity index (χ1) is 6.81. The normalized spacial score (nSPS) is 12.7. The number of alkyl halides is 2. The van der Waals surface area contributed by atoms with E-state index in [-0.39, 0.29) is 6.42 Å². The minimum absolute atomic E-state index is 0.0566. The first kappa shape index (κ1) is 12.8. The quantitative estimate of drug-likeness (QED) is 0.675.